The third kappa shape index (κ3) is 3.63. The van der Waals surface area contributed by atoms with Crippen molar-refractivity contribution >= 4 is 38.7 Å². The maximum atomic E-state index is 11.4. The highest BCUT2D eigenvalue weighted by Gasteiger charge is 2.08. The molecule has 0 atom stereocenters. The van der Waals surface area contributed by atoms with E-state index >= 15 is 0 Å². The molecule has 100 valence electrons. The SMILES string of the molecule is Cc1ccc2nc(NC(=O)NOCC(=O)O)sc2c1. The Morgan fingerprint density at radius 1 is 1.47 bits per heavy atom. The van der Waals surface area contributed by atoms with Crippen LogP contribution < -0.4 is 10.8 Å². The zero-order chi connectivity index (χ0) is 13.8. The summed E-state index contributed by atoms with van der Waals surface area (Å²) in [7, 11) is 0. The summed E-state index contributed by atoms with van der Waals surface area (Å²) in [5.74, 6) is -1.17. The van der Waals surface area contributed by atoms with Gasteiger partial charge in [-0.2, -0.15) is 0 Å². The van der Waals surface area contributed by atoms with Crippen molar-refractivity contribution in [2.75, 3.05) is 11.9 Å². The zero-order valence-electron chi connectivity index (χ0n) is 9.97. The van der Waals surface area contributed by atoms with Gasteiger partial charge in [-0.25, -0.2) is 20.1 Å². The van der Waals surface area contributed by atoms with Crippen LogP contribution in [0.4, 0.5) is 9.93 Å². The van der Waals surface area contributed by atoms with Crippen LogP contribution in [0.2, 0.25) is 0 Å². The average Bonchev–Trinajstić information content (AvgIpc) is 2.69. The van der Waals surface area contributed by atoms with E-state index in [4.69, 9.17) is 5.11 Å². The summed E-state index contributed by atoms with van der Waals surface area (Å²) in [6, 6.07) is 5.10. The molecule has 19 heavy (non-hydrogen) atoms. The van der Waals surface area contributed by atoms with Gasteiger partial charge in [-0.3, -0.25) is 10.2 Å². The second kappa shape index (κ2) is 5.63. The van der Waals surface area contributed by atoms with Crippen molar-refractivity contribution in [1.29, 1.82) is 0 Å². The van der Waals surface area contributed by atoms with Crippen molar-refractivity contribution in [2.24, 2.45) is 0 Å². The summed E-state index contributed by atoms with van der Waals surface area (Å²) in [6.07, 6.45) is 0. The number of aryl methyl sites for hydroxylation is 1. The number of anilines is 1. The first kappa shape index (κ1) is 13.2. The summed E-state index contributed by atoms with van der Waals surface area (Å²) in [5.41, 5.74) is 3.85. The van der Waals surface area contributed by atoms with E-state index in [9.17, 15) is 9.59 Å². The number of hydrogen-bond donors (Lipinski definition) is 3. The van der Waals surface area contributed by atoms with E-state index in [1.54, 1.807) is 0 Å². The van der Waals surface area contributed by atoms with Gasteiger partial charge in [0.15, 0.2) is 11.7 Å². The fourth-order valence-electron chi connectivity index (χ4n) is 1.37. The smallest absolute Gasteiger partial charge is 0.344 e. The van der Waals surface area contributed by atoms with E-state index in [1.807, 2.05) is 30.6 Å². The van der Waals surface area contributed by atoms with Gasteiger partial charge in [0.25, 0.3) is 0 Å². The number of benzene rings is 1. The minimum Gasteiger partial charge on any atom is -0.479 e. The van der Waals surface area contributed by atoms with Crippen molar-refractivity contribution in [1.82, 2.24) is 10.5 Å². The van der Waals surface area contributed by atoms with Crippen LogP contribution in [-0.2, 0) is 9.63 Å². The number of aliphatic carboxylic acids is 1. The maximum Gasteiger partial charge on any atom is 0.344 e. The number of thiazole rings is 1. The van der Waals surface area contributed by atoms with E-state index in [1.165, 1.54) is 11.3 Å². The summed E-state index contributed by atoms with van der Waals surface area (Å²) in [4.78, 5) is 30.2. The first-order valence-electron chi connectivity index (χ1n) is 5.32. The molecule has 3 N–H and O–H groups in total. The summed E-state index contributed by atoms with van der Waals surface area (Å²) < 4.78 is 0.960. The molecule has 0 fully saturated rings. The van der Waals surface area contributed by atoms with Crippen molar-refractivity contribution < 1.29 is 19.5 Å². The average molecular weight is 281 g/mol. The van der Waals surface area contributed by atoms with Gasteiger partial charge in [0.05, 0.1) is 10.2 Å². The molecule has 0 radical (unpaired) electrons. The molecule has 0 bridgehead atoms. The molecule has 8 heteroatoms. The fraction of sp³-hybridized carbons (Fsp3) is 0.182. The molecule has 1 aromatic carbocycles. The van der Waals surface area contributed by atoms with E-state index in [0.717, 1.165) is 15.8 Å². The topological polar surface area (TPSA) is 101 Å². The Hall–Kier alpha value is -2.19. The molecule has 0 saturated heterocycles. The monoisotopic (exact) mass is 281 g/mol. The molecule has 0 saturated carbocycles. The van der Waals surface area contributed by atoms with Crippen molar-refractivity contribution in [3.05, 3.63) is 23.8 Å². The third-order valence-corrected chi connectivity index (χ3v) is 3.06. The third-order valence-electron chi connectivity index (χ3n) is 2.12. The molecule has 0 aliphatic carbocycles. The van der Waals surface area contributed by atoms with Gasteiger partial charge in [0.1, 0.15) is 0 Å². The highest BCUT2D eigenvalue weighted by Crippen LogP contribution is 2.26. The lowest BCUT2D eigenvalue weighted by Gasteiger charge is -2.02. The normalized spacial score (nSPS) is 10.4. The van der Waals surface area contributed by atoms with Crippen LogP contribution in [0, 0.1) is 6.92 Å². The van der Waals surface area contributed by atoms with Crippen molar-refractivity contribution in [2.45, 2.75) is 6.92 Å². The van der Waals surface area contributed by atoms with Crippen LogP contribution in [0.5, 0.6) is 0 Å². The Kier molecular flexibility index (Phi) is 3.93. The predicted molar refractivity (Wildman–Crippen MR) is 70.1 cm³/mol. The maximum absolute atomic E-state index is 11.4. The van der Waals surface area contributed by atoms with Crippen LogP contribution in [0.25, 0.3) is 10.2 Å². The minimum absolute atomic E-state index is 0.414. The molecule has 1 aromatic heterocycles. The van der Waals surface area contributed by atoms with Crippen LogP contribution in [-0.4, -0.2) is 28.7 Å². The number of hydrogen-bond acceptors (Lipinski definition) is 5. The lowest BCUT2D eigenvalue weighted by atomic mass is 10.2. The van der Waals surface area contributed by atoms with E-state index < -0.39 is 18.6 Å². The Labute approximate surface area is 112 Å². The molecule has 0 spiro atoms. The second-order valence-corrected chi connectivity index (χ2v) is 4.76. The molecule has 2 rings (SSSR count). The Morgan fingerprint density at radius 3 is 3.00 bits per heavy atom. The van der Waals surface area contributed by atoms with E-state index in [2.05, 4.69) is 15.1 Å². The first-order chi connectivity index (χ1) is 9.04. The zero-order valence-corrected chi connectivity index (χ0v) is 10.8. The number of amides is 2. The molecule has 2 aromatic rings. The van der Waals surface area contributed by atoms with Gasteiger partial charge < -0.3 is 5.11 Å². The summed E-state index contributed by atoms with van der Waals surface area (Å²) in [6.45, 7) is 1.37. The number of fused-ring (bicyclic) bond motifs is 1. The molecule has 0 aliphatic heterocycles. The Bertz CT molecular complexity index is 625. The quantitative estimate of drug-likeness (QED) is 0.741. The largest absolute Gasteiger partial charge is 0.479 e. The number of rotatable bonds is 4. The van der Waals surface area contributed by atoms with Gasteiger partial charge in [-0.1, -0.05) is 17.4 Å². The molecule has 0 unspecified atom stereocenters. The van der Waals surface area contributed by atoms with Gasteiger partial charge in [0.2, 0.25) is 0 Å². The van der Waals surface area contributed by atoms with Crippen molar-refractivity contribution in [3.8, 4) is 0 Å². The first-order valence-corrected chi connectivity index (χ1v) is 6.14. The van der Waals surface area contributed by atoms with Gasteiger partial charge in [-0.05, 0) is 24.6 Å². The van der Waals surface area contributed by atoms with Crippen LogP contribution in [0.1, 0.15) is 5.56 Å². The van der Waals surface area contributed by atoms with Gasteiger partial charge >= 0.3 is 12.0 Å². The fourth-order valence-corrected chi connectivity index (χ4v) is 2.33. The van der Waals surface area contributed by atoms with Gasteiger partial charge in [0, 0.05) is 0 Å². The van der Waals surface area contributed by atoms with E-state index in [-0.39, 0.29) is 0 Å². The number of carboxylic acid groups (broad SMARTS) is 1. The number of nitrogens with one attached hydrogen (secondary N) is 2. The molecular weight excluding hydrogens is 270 g/mol. The number of carboxylic acids is 1. The number of urea groups is 1. The Balaban J connectivity index is 1.97. The minimum atomic E-state index is -1.17. The van der Waals surface area contributed by atoms with Crippen LogP contribution in [0.3, 0.4) is 0 Å². The lowest BCUT2D eigenvalue weighted by Crippen LogP contribution is -2.30. The van der Waals surface area contributed by atoms with Crippen molar-refractivity contribution in [3.63, 3.8) is 0 Å². The number of carbonyl (C=O) groups is 2. The number of nitrogens with zero attached hydrogens (tertiary/aromatic N) is 1. The summed E-state index contributed by atoms with van der Waals surface area (Å²) >= 11 is 1.32. The number of hydroxylamine groups is 1. The standard InChI is InChI=1S/C11H11N3O4S/c1-6-2-3-7-8(4-6)19-11(12-7)13-10(17)14-18-5-9(15)16/h2-4H,5H2,1H3,(H,15,16)(H2,12,13,14,17). The summed E-state index contributed by atoms with van der Waals surface area (Å²) in [5, 5.41) is 11.2. The Morgan fingerprint density at radius 2 is 2.26 bits per heavy atom. The molecule has 0 aliphatic rings. The highest BCUT2D eigenvalue weighted by molar-refractivity contribution is 7.22. The molecule has 1 heterocycles. The number of carbonyl (C=O) groups excluding carboxylic acids is 1. The van der Waals surface area contributed by atoms with Gasteiger partial charge in [-0.15, -0.1) is 0 Å². The second-order valence-electron chi connectivity index (χ2n) is 3.73. The van der Waals surface area contributed by atoms with Crippen LogP contribution >= 0.6 is 11.3 Å². The predicted octanol–water partition coefficient (Wildman–Crippen LogP) is 1.74. The molecule has 2 amide bonds. The van der Waals surface area contributed by atoms with Crippen LogP contribution in [0.15, 0.2) is 18.2 Å². The number of aromatic nitrogens is 1. The lowest BCUT2D eigenvalue weighted by molar-refractivity contribution is -0.143. The molecule has 7 nitrogen and oxygen atoms in total. The van der Waals surface area contributed by atoms with E-state index in [0.29, 0.717) is 5.13 Å². The highest BCUT2D eigenvalue weighted by atomic mass is 32.1. The molecular formula is C11H11N3O4S.